The van der Waals surface area contributed by atoms with Crippen molar-refractivity contribution in [2.75, 3.05) is 0 Å². The standard InChI is InChI=1S/C11H20N4O5/c1-5(12)9(17)15(10(18)6(2)13)7(11(19)20)3-4-8(14)16/h5-7H,3-4,12-13H2,1-2H3,(H2,14,16)(H,19,20)/t5-,6-,7-/m0/s1. The Morgan fingerprint density at radius 3 is 1.70 bits per heavy atom. The first-order valence-corrected chi connectivity index (χ1v) is 5.98. The fourth-order valence-electron chi connectivity index (χ4n) is 1.50. The molecule has 0 unspecified atom stereocenters. The van der Waals surface area contributed by atoms with Gasteiger partial charge in [0.15, 0.2) is 0 Å². The molecule has 0 radical (unpaired) electrons. The predicted octanol–water partition coefficient (Wildman–Crippen LogP) is -2.25. The number of hydrogen-bond acceptors (Lipinski definition) is 6. The summed E-state index contributed by atoms with van der Waals surface area (Å²) in [6.07, 6.45) is -0.576. The van der Waals surface area contributed by atoms with Crippen molar-refractivity contribution in [2.45, 2.75) is 44.8 Å². The molecule has 0 bridgehead atoms. The van der Waals surface area contributed by atoms with Crippen molar-refractivity contribution in [3.8, 4) is 0 Å². The van der Waals surface area contributed by atoms with Crippen LogP contribution in [-0.4, -0.2) is 51.8 Å². The molecule has 0 saturated carbocycles. The molecular weight excluding hydrogens is 268 g/mol. The monoisotopic (exact) mass is 288 g/mol. The van der Waals surface area contributed by atoms with E-state index in [0.717, 1.165) is 0 Å². The zero-order valence-electron chi connectivity index (χ0n) is 11.4. The van der Waals surface area contributed by atoms with E-state index >= 15 is 0 Å². The predicted molar refractivity (Wildman–Crippen MR) is 69.0 cm³/mol. The van der Waals surface area contributed by atoms with E-state index < -0.39 is 41.8 Å². The van der Waals surface area contributed by atoms with Gasteiger partial charge >= 0.3 is 5.97 Å². The molecule has 0 heterocycles. The Morgan fingerprint density at radius 1 is 1.05 bits per heavy atom. The number of carboxylic acid groups (broad SMARTS) is 1. The molecule has 114 valence electrons. The molecule has 0 saturated heterocycles. The van der Waals surface area contributed by atoms with Crippen LogP contribution in [-0.2, 0) is 19.2 Å². The van der Waals surface area contributed by atoms with E-state index in [1.54, 1.807) is 0 Å². The third kappa shape index (κ3) is 4.94. The van der Waals surface area contributed by atoms with Gasteiger partial charge in [-0.15, -0.1) is 0 Å². The summed E-state index contributed by atoms with van der Waals surface area (Å²) in [6.45, 7) is 2.63. The first-order valence-electron chi connectivity index (χ1n) is 5.98. The topological polar surface area (TPSA) is 170 Å². The van der Waals surface area contributed by atoms with Gasteiger partial charge < -0.3 is 22.3 Å². The van der Waals surface area contributed by atoms with E-state index in [-0.39, 0.29) is 12.8 Å². The fraction of sp³-hybridized carbons (Fsp3) is 0.636. The highest BCUT2D eigenvalue weighted by atomic mass is 16.4. The molecule has 0 aromatic heterocycles. The second-order valence-electron chi connectivity index (χ2n) is 4.48. The summed E-state index contributed by atoms with van der Waals surface area (Å²) in [5.41, 5.74) is 15.7. The Hall–Kier alpha value is -2.00. The highest BCUT2D eigenvalue weighted by Gasteiger charge is 2.37. The largest absolute Gasteiger partial charge is 0.480 e. The summed E-state index contributed by atoms with van der Waals surface area (Å²) in [7, 11) is 0. The summed E-state index contributed by atoms with van der Waals surface area (Å²) in [5, 5.41) is 9.14. The van der Waals surface area contributed by atoms with Crippen molar-refractivity contribution in [3.63, 3.8) is 0 Å². The van der Waals surface area contributed by atoms with Crippen molar-refractivity contribution in [2.24, 2.45) is 17.2 Å². The normalized spacial score (nSPS) is 15.0. The summed E-state index contributed by atoms with van der Waals surface area (Å²) in [6, 6.07) is -3.68. The lowest BCUT2D eigenvalue weighted by Crippen LogP contribution is -2.57. The molecule has 0 rings (SSSR count). The summed E-state index contributed by atoms with van der Waals surface area (Å²) in [5.74, 6) is -3.92. The van der Waals surface area contributed by atoms with Crippen molar-refractivity contribution < 1.29 is 24.3 Å². The molecule has 9 heteroatoms. The van der Waals surface area contributed by atoms with Crippen LogP contribution in [0, 0.1) is 0 Å². The van der Waals surface area contributed by atoms with Gasteiger partial charge in [0.1, 0.15) is 6.04 Å². The van der Waals surface area contributed by atoms with Crippen molar-refractivity contribution in [3.05, 3.63) is 0 Å². The SMILES string of the molecule is C[C@H](N)C(=O)N(C(=O)[C@H](C)N)[C@@H](CCC(N)=O)C(=O)O. The lowest BCUT2D eigenvalue weighted by atomic mass is 10.1. The number of primary amides is 1. The van der Waals surface area contributed by atoms with E-state index in [1.165, 1.54) is 13.8 Å². The van der Waals surface area contributed by atoms with Crippen LogP contribution in [0.5, 0.6) is 0 Å². The highest BCUT2D eigenvalue weighted by Crippen LogP contribution is 2.11. The molecule has 3 atom stereocenters. The third-order valence-corrected chi connectivity index (χ3v) is 2.51. The number of carbonyl (C=O) groups excluding carboxylic acids is 3. The number of hydrogen-bond donors (Lipinski definition) is 4. The Labute approximate surface area is 116 Å². The number of aliphatic carboxylic acids is 1. The Kier molecular flexibility index (Phi) is 6.80. The van der Waals surface area contributed by atoms with Crippen molar-refractivity contribution in [1.82, 2.24) is 4.90 Å². The molecule has 0 aliphatic carbocycles. The van der Waals surface area contributed by atoms with Crippen molar-refractivity contribution >= 4 is 23.7 Å². The minimum Gasteiger partial charge on any atom is -0.480 e. The van der Waals surface area contributed by atoms with Crippen LogP contribution < -0.4 is 17.2 Å². The quantitative estimate of drug-likeness (QED) is 0.410. The number of amides is 3. The molecular formula is C11H20N4O5. The summed E-state index contributed by atoms with van der Waals surface area (Å²) >= 11 is 0. The highest BCUT2D eigenvalue weighted by molar-refractivity contribution is 6.02. The lowest BCUT2D eigenvalue weighted by Gasteiger charge is -2.29. The van der Waals surface area contributed by atoms with Crippen LogP contribution in [0.25, 0.3) is 0 Å². The Balaban J connectivity index is 5.41. The van der Waals surface area contributed by atoms with Crippen LogP contribution >= 0.6 is 0 Å². The maximum Gasteiger partial charge on any atom is 0.326 e. The fourth-order valence-corrected chi connectivity index (χ4v) is 1.50. The molecule has 3 amide bonds. The number of carbonyl (C=O) groups is 4. The first kappa shape index (κ1) is 18.0. The maximum absolute atomic E-state index is 11.9. The summed E-state index contributed by atoms with van der Waals surface area (Å²) < 4.78 is 0. The number of nitrogens with two attached hydrogens (primary N) is 3. The summed E-state index contributed by atoms with van der Waals surface area (Å²) in [4.78, 5) is 46.3. The van der Waals surface area contributed by atoms with Gasteiger partial charge in [0.05, 0.1) is 12.1 Å². The molecule has 20 heavy (non-hydrogen) atoms. The van der Waals surface area contributed by atoms with Crippen LogP contribution in [0.2, 0.25) is 0 Å². The second kappa shape index (κ2) is 7.56. The van der Waals surface area contributed by atoms with Crippen LogP contribution in [0.3, 0.4) is 0 Å². The van der Waals surface area contributed by atoms with Crippen LogP contribution in [0.1, 0.15) is 26.7 Å². The Morgan fingerprint density at radius 2 is 1.45 bits per heavy atom. The van der Waals surface area contributed by atoms with Crippen LogP contribution in [0.15, 0.2) is 0 Å². The number of imide groups is 1. The molecule has 9 nitrogen and oxygen atoms in total. The average molecular weight is 288 g/mol. The lowest BCUT2D eigenvalue weighted by molar-refractivity contribution is -0.159. The average Bonchev–Trinajstić information content (AvgIpc) is 2.31. The number of nitrogens with zero attached hydrogens (tertiary/aromatic N) is 1. The van der Waals surface area contributed by atoms with E-state index in [4.69, 9.17) is 22.3 Å². The van der Waals surface area contributed by atoms with E-state index in [1.807, 2.05) is 0 Å². The van der Waals surface area contributed by atoms with Crippen LogP contribution in [0.4, 0.5) is 0 Å². The number of carboxylic acids is 1. The maximum atomic E-state index is 11.9. The molecule has 0 aromatic rings. The molecule has 0 aromatic carbocycles. The third-order valence-electron chi connectivity index (χ3n) is 2.51. The molecule has 0 aliphatic rings. The zero-order chi connectivity index (χ0) is 16.0. The number of rotatable bonds is 7. The van der Waals surface area contributed by atoms with Gasteiger partial charge in [-0.1, -0.05) is 0 Å². The first-order chi connectivity index (χ1) is 9.09. The van der Waals surface area contributed by atoms with Gasteiger partial charge in [-0.25, -0.2) is 4.79 Å². The minimum atomic E-state index is -1.53. The van der Waals surface area contributed by atoms with Crippen molar-refractivity contribution in [1.29, 1.82) is 0 Å². The Bertz CT molecular complexity index is 388. The molecule has 0 aliphatic heterocycles. The van der Waals surface area contributed by atoms with E-state index in [9.17, 15) is 19.2 Å². The molecule has 7 N–H and O–H groups in total. The van der Waals surface area contributed by atoms with Gasteiger partial charge in [0.2, 0.25) is 17.7 Å². The van der Waals surface area contributed by atoms with Gasteiger partial charge in [0, 0.05) is 6.42 Å². The molecule has 0 fully saturated rings. The van der Waals surface area contributed by atoms with E-state index in [2.05, 4.69) is 0 Å². The minimum absolute atomic E-state index is 0.286. The van der Waals surface area contributed by atoms with Gasteiger partial charge in [0.25, 0.3) is 0 Å². The van der Waals surface area contributed by atoms with Gasteiger partial charge in [-0.2, -0.15) is 0 Å². The smallest absolute Gasteiger partial charge is 0.326 e. The van der Waals surface area contributed by atoms with E-state index in [0.29, 0.717) is 4.90 Å². The second-order valence-corrected chi connectivity index (χ2v) is 4.48. The van der Waals surface area contributed by atoms with Gasteiger partial charge in [-0.05, 0) is 20.3 Å². The van der Waals surface area contributed by atoms with Gasteiger partial charge in [-0.3, -0.25) is 19.3 Å². The zero-order valence-corrected chi connectivity index (χ0v) is 11.4. The molecule has 0 spiro atoms.